The Morgan fingerprint density at radius 1 is 1.06 bits per heavy atom. The van der Waals surface area contributed by atoms with E-state index in [1.165, 1.54) is 11.3 Å². The summed E-state index contributed by atoms with van der Waals surface area (Å²) in [6.07, 6.45) is 5.98. The molecule has 1 heterocycles. The van der Waals surface area contributed by atoms with Crippen LogP contribution in [0, 0.1) is 6.92 Å². The molecule has 0 radical (unpaired) electrons. The summed E-state index contributed by atoms with van der Waals surface area (Å²) in [5.41, 5.74) is 5.17. The molecule has 0 aliphatic heterocycles. The van der Waals surface area contributed by atoms with Gasteiger partial charge in [-0.1, -0.05) is 76.1 Å². The van der Waals surface area contributed by atoms with Crippen LogP contribution >= 0.6 is 0 Å². The summed E-state index contributed by atoms with van der Waals surface area (Å²) in [5, 5.41) is 5.90. The number of hydrogen-bond donors (Lipinski definition) is 2. The Kier molecular flexibility index (Phi) is 9.56. The fourth-order valence-corrected chi connectivity index (χ4v) is 3.97. The number of nitrogens with zero attached hydrogens (tertiary/aromatic N) is 2. The Morgan fingerprint density at radius 3 is 2.59 bits per heavy atom. The molecule has 1 aromatic heterocycles. The number of hydrogen-bond acceptors (Lipinski definition) is 3. The summed E-state index contributed by atoms with van der Waals surface area (Å²) >= 11 is 0. The van der Waals surface area contributed by atoms with Crippen LogP contribution in [0.4, 0.5) is 10.5 Å². The van der Waals surface area contributed by atoms with Crippen molar-refractivity contribution < 1.29 is 9.53 Å². The van der Waals surface area contributed by atoms with Crippen LogP contribution in [0.15, 0.2) is 54.9 Å². The van der Waals surface area contributed by atoms with E-state index in [4.69, 9.17) is 9.72 Å². The van der Waals surface area contributed by atoms with Crippen LogP contribution in [0.5, 0.6) is 5.75 Å². The van der Waals surface area contributed by atoms with Crippen LogP contribution in [0.3, 0.4) is 0 Å². The molecule has 0 unspecified atom stereocenters. The number of carbonyl (C=O) groups is 1. The van der Waals surface area contributed by atoms with Crippen LogP contribution in [0.1, 0.15) is 63.6 Å². The van der Waals surface area contributed by atoms with Crippen molar-refractivity contribution in [2.75, 3.05) is 18.5 Å². The van der Waals surface area contributed by atoms with Gasteiger partial charge in [-0.25, -0.2) is 9.78 Å². The molecule has 3 rings (SSSR count). The van der Waals surface area contributed by atoms with Crippen molar-refractivity contribution in [3.8, 4) is 17.0 Å². The maximum Gasteiger partial charge on any atom is 0.319 e. The van der Waals surface area contributed by atoms with Gasteiger partial charge in [0.15, 0.2) is 0 Å². The van der Waals surface area contributed by atoms with Crippen LogP contribution in [-0.2, 0) is 6.54 Å². The molecule has 2 amide bonds. The lowest BCUT2D eigenvalue weighted by Crippen LogP contribution is -2.30. The van der Waals surface area contributed by atoms with Crippen LogP contribution in [-0.4, -0.2) is 28.7 Å². The normalized spacial score (nSPS) is 11.0. The minimum atomic E-state index is -0.192. The number of nitrogens with one attached hydrogen (secondary N) is 2. The van der Waals surface area contributed by atoms with Crippen LogP contribution in [0.2, 0.25) is 0 Å². The molecule has 0 atom stereocenters. The van der Waals surface area contributed by atoms with Gasteiger partial charge in [0.1, 0.15) is 5.75 Å². The molecule has 0 bridgehead atoms. The molecular weight excluding hydrogens is 424 g/mol. The number of unbranched alkanes of at least 4 members (excludes halogenated alkanes) is 2. The van der Waals surface area contributed by atoms with Gasteiger partial charge in [0.2, 0.25) is 0 Å². The molecule has 0 saturated heterocycles. The Balaban J connectivity index is 1.61. The summed E-state index contributed by atoms with van der Waals surface area (Å²) in [5.74, 6) is 1.04. The van der Waals surface area contributed by atoms with E-state index in [0.29, 0.717) is 24.8 Å². The van der Waals surface area contributed by atoms with Gasteiger partial charge in [-0.2, -0.15) is 0 Å². The first kappa shape index (κ1) is 25.3. The molecule has 6 nitrogen and oxygen atoms in total. The lowest BCUT2D eigenvalue weighted by atomic mass is 10.0. The van der Waals surface area contributed by atoms with E-state index in [1.54, 1.807) is 0 Å². The van der Waals surface area contributed by atoms with Crippen LogP contribution < -0.4 is 15.4 Å². The molecule has 34 heavy (non-hydrogen) atoms. The number of urea groups is 1. The molecule has 0 spiro atoms. The van der Waals surface area contributed by atoms with Gasteiger partial charge in [0.25, 0.3) is 0 Å². The minimum absolute atomic E-state index is 0.192. The maximum absolute atomic E-state index is 12.3. The average Bonchev–Trinajstić information content (AvgIpc) is 3.26. The monoisotopic (exact) mass is 462 g/mol. The number of anilines is 1. The van der Waals surface area contributed by atoms with Crippen molar-refractivity contribution in [2.24, 2.45) is 0 Å². The zero-order valence-corrected chi connectivity index (χ0v) is 20.9. The van der Waals surface area contributed by atoms with Gasteiger partial charge >= 0.3 is 6.03 Å². The summed E-state index contributed by atoms with van der Waals surface area (Å²) in [4.78, 5) is 17.0. The highest BCUT2D eigenvalue weighted by atomic mass is 16.5. The molecule has 6 heteroatoms. The van der Waals surface area contributed by atoms with Crippen molar-refractivity contribution in [1.29, 1.82) is 0 Å². The molecule has 2 aromatic carbocycles. The highest BCUT2D eigenvalue weighted by Gasteiger charge is 2.16. The average molecular weight is 463 g/mol. The number of imidazole rings is 1. The first-order valence-corrected chi connectivity index (χ1v) is 12.4. The second-order valence-corrected chi connectivity index (χ2v) is 8.93. The summed E-state index contributed by atoms with van der Waals surface area (Å²) < 4.78 is 8.32. The molecule has 0 aliphatic carbocycles. The highest BCUT2D eigenvalue weighted by molar-refractivity contribution is 5.91. The summed E-state index contributed by atoms with van der Waals surface area (Å²) in [7, 11) is 0. The number of ether oxygens (including phenoxy) is 1. The van der Waals surface area contributed by atoms with Crippen molar-refractivity contribution in [1.82, 2.24) is 14.9 Å². The Bertz CT molecular complexity index is 1040. The van der Waals surface area contributed by atoms with Crippen LogP contribution in [0.25, 0.3) is 11.3 Å². The predicted octanol–water partition coefficient (Wildman–Crippen LogP) is 6.76. The SMILES string of the molecule is CCCCCNC(=O)Nc1c(C)cccc1OCCCn1cnc(C(C)C)c1-c1ccccc1. The lowest BCUT2D eigenvalue weighted by molar-refractivity contribution is 0.251. The fourth-order valence-electron chi connectivity index (χ4n) is 3.97. The quantitative estimate of drug-likeness (QED) is 0.292. The van der Waals surface area contributed by atoms with E-state index in [9.17, 15) is 4.79 Å². The third-order valence-corrected chi connectivity index (χ3v) is 5.80. The van der Waals surface area contributed by atoms with Crippen molar-refractivity contribution >= 4 is 11.7 Å². The second-order valence-electron chi connectivity index (χ2n) is 8.93. The number of rotatable bonds is 12. The highest BCUT2D eigenvalue weighted by Crippen LogP contribution is 2.30. The number of aryl methyl sites for hydroxylation is 2. The standard InChI is InChI=1S/C28H38N4O2/c1-5-6-10-17-29-28(33)31-26-22(4)13-11-16-24(26)34-19-12-18-32-20-30-25(21(2)3)27(32)23-14-8-7-9-15-23/h7-9,11,13-16,20-21H,5-6,10,12,17-19H2,1-4H3,(H2,29,31,33). The number of aromatic nitrogens is 2. The molecular formula is C28H38N4O2. The maximum atomic E-state index is 12.3. The van der Waals surface area contributed by atoms with Crippen molar-refractivity contribution in [2.45, 2.75) is 65.8 Å². The first-order chi connectivity index (χ1) is 16.5. The van der Waals surface area contributed by atoms with Crippen molar-refractivity contribution in [3.05, 3.63) is 66.1 Å². The van der Waals surface area contributed by atoms with E-state index >= 15 is 0 Å². The molecule has 0 aliphatic rings. The van der Waals surface area contributed by atoms with Gasteiger partial charge in [0, 0.05) is 18.7 Å². The van der Waals surface area contributed by atoms with Gasteiger partial charge in [-0.05, 0) is 37.3 Å². The number of benzene rings is 2. The lowest BCUT2D eigenvalue weighted by Gasteiger charge is -2.16. The smallest absolute Gasteiger partial charge is 0.319 e. The van der Waals surface area contributed by atoms with Gasteiger partial charge in [-0.3, -0.25) is 0 Å². The number of amides is 2. The zero-order valence-electron chi connectivity index (χ0n) is 20.9. The summed E-state index contributed by atoms with van der Waals surface area (Å²) in [6.45, 7) is 10.5. The Labute approximate surface area is 203 Å². The zero-order chi connectivity index (χ0) is 24.3. The second kappa shape index (κ2) is 12.8. The third-order valence-electron chi connectivity index (χ3n) is 5.80. The topological polar surface area (TPSA) is 68.2 Å². The van der Waals surface area contributed by atoms with E-state index in [1.807, 2.05) is 37.5 Å². The number of para-hydroxylation sites is 1. The van der Waals surface area contributed by atoms with Crippen molar-refractivity contribution in [3.63, 3.8) is 0 Å². The molecule has 2 N–H and O–H groups in total. The molecule has 182 valence electrons. The van der Waals surface area contributed by atoms with E-state index in [0.717, 1.165) is 49.2 Å². The van der Waals surface area contributed by atoms with E-state index < -0.39 is 0 Å². The summed E-state index contributed by atoms with van der Waals surface area (Å²) in [6, 6.07) is 16.1. The van der Waals surface area contributed by atoms with Gasteiger partial charge in [0.05, 0.1) is 30.0 Å². The molecule has 3 aromatic rings. The van der Waals surface area contributed by atoms with Gasteiger partial charge in [-0.15, -0.1) is 0 Å². The molecule has 0 fully saturated rings. The third kappa shape index (κ3) is 6.86. The van der Waals surface area contributed by atoms with Gasteiger partial charge < -0.3 is 19.9 Å². The van der Waals surface area contributed by atoms with E-state index in [-0.39, 0.29) is 6.03 Å². The fraction of sp³-hybridized carbons (Fsp3) is 0.429. The first-order valence-electron chi connectivity index (χ1n) is 12.4. The minimum Gasteiger partial charge on any atom is -0.491 e. The predicted molar refractivity (Wildman–Crippen MR) is 140 cm³/mol. The Morgan fingerprint density at radius 2 is 1.85 bits per heavy atom. The number of carbonyl (C=O) groups excluding carboxylic acids is 1. The Hall–Kier alpha value is -3.28. The molecule has 0 saturated carbocycles. The largest absolute Gasteiger partial charge is 0.491 e. The van der Waals surface area contributed by atoms with E-state index in [2.05, 4.69) is 60.2 Å².